The quantitative estimate of drug-likeness (QED) is 0.685. The highest BCUT2D eigenvalue weighted by Gasteiger charge is 2.21. The van der Waals surface area contributed by atoms with Crippen LogP contribution in [-0.4, -0.2) is 20.7 Å². The summed E-state index contributed by atoms with van der Waals surface area (Å²) in [5.41, 5.74) is 1.71. The number of rotatable bonds is 4. The van der Waals surface area contributed by atoms with Crippen molar-refractivity contribution in [3.05, 3.63) is 70.5 Å². The second-order valence-corrected chi connectivity index (χ2v) is 8.03. The van der Waals surface area contributed by atoms with Gasteiger partial charge in [-0.1, -0.05) is 54.9 Å². The van der Waals surface area contributed by atoms with Crippen LogP contribution in [0.1, 0.15) is 32.0 Å². The van der Waals surface area contributed by atoms with Crippen molar-refractivity contribution in [2.75, 3.05) is 5.32 Å². The van der Waals surface area contributed by atoms with Crippen molar-refractivity contribution in [2.24, 2.45) is 0 Å². The average Bonchev–Trinajstić information content (AvgIpc) is 3.02. The Bertz CT molecular complexity index is 896. The van der Waals surface area contributed by atoms with Gasteiger partial charge in [0.05, 0.1) is 12.1 Å². The molecular formula is C20H21BrN4O. The fourth-order valence-electron chi connectivity index (χ4n) is 2.47. The Hall–Kier alpha value is -2.47. The van der Waals surface area contributed by atoms with E-state index < -0.39 is 0 Å². The molecule has 0 radical (unpaired) electrons. The van der Waals surface area contributed by atoms with Crippen LogP contribution in [0.15, 0.2) is 59.2 Å². The van der Waals surface area contributed by atoms with Crippen LogP contribution in [0.4, 0.5) is 5.82 Å². The minimum absolute atomic E-state index is 0.0927. The van der Waals surface area contributed by atoms with Gasteiger partial charge < -0.3 is 5.32 Å². The Morgan fingerprint density at radius 2 is 1.88 bits per heavy atom. The van der Waals surface area contributed by atoms with Gasteiger partial charge >= 0.3 is 0 Å². The molecule has 1 aromatic carbocycles. The maximum Gasteiger partial charge on any atom is 0.229 e. The monoisotopic (exact) mass is 412 g/mol. The summed E-state index contributed by atoms with van der Waals surface area (Å²) in [6, 6.07) is 15.2. The number of hydrogen-bond acceptors (Lipinski definition) is 3. The number of amides is 1. The number of nitrogens with one attached hydrogen (secondary N) is 1. The lowest BCUT2D eigenvalue weighted by Crippen LogP contribution is -2.17. The highest BCUT2D eigenvalue weighted by molar-refractivity contribution is 9.10. The van der Waals surface area contributed by atoms with Crippen molar-refractivity contribution in [1.29, 1.82) is 0 Å². The summed E-state index contributed by atoms with van der Waals surface area (Å²) in [5.74, 6) is 1.20. The van der Waals surface area contributed by atoms with Gasteiger partial charge in [-0.25, -0.2) is 4.98 Å². The summed E-state index contributed by atoms with van der Waals surface area (Å²) in [6.07, 6.45) is 2.01. The van der Waals surface area contributed by atoms with Crippen molar-refractivity contribution in [1.82, 2.24) is 14.8 Å². The van der Waals surface area contributed by atoms with Crippen molar-refractivity contribution in [3.8, 4) is 5.82 Å². The number of anilines is 1. The molecule has 0 fully saturated rings. The van der Waals surface area contributed by atoms with Crippen LogP contribution in [0.3, 0.4) is 0 Å². The molecule has 0 bridgehead atoms. The predicted molar refractivity (Wildman–Crippen MR) is 107 cm³/mol. The summed E-state index contributed by atoms with van der Waals surface area (Å²) in [7, 11) is 0. The molecule has 0 spiro atoms. The molecule has 5 nitrogen and oxygen atoms in total. The molecule has 0 unspecified atom stereocenters. The molecule has 0 saturated heterocycles. The van der Waals surface area contributed by atoms with Gasteiger partial charge in [0.15, 0.2) is 5.82 Å². The molecular weight excluding hydrogens is 392 g/mol. The number of halogens is 1. The SMILES string of the molecule is CC(C)(C)c1cc(NC(=O)Cc2ccc(Br)cc2)n(-c2ccccn2)n1. The van der Waals surface area contributed by atoms with Gasteiger partial charge in [0.25, 0.3) is 0 Å². The predicted octanol–water partition coefficient (Wildman–Crippen LogP) is 4.51. The minimum Gasteiger partial charge on any atom is -0.310 e. The van der Waals surface area contributed by atoms with E-state index in [1.165, 1.54) is 0 Å². The number of nitrogens with zero attached hydrogens (tertiary/aromatic N) is 3. The van der Waals surface area contributed by atoms with Gasteiger partial charge in [0.2, 0.25) is 5.91 Å². The molecule has 1 amide bonds. The van der Waals surface area contributed by atoms with E-state index in [1.54, 1.807) is 10.9 Å². The maximum absolute atomic E-state index is 12.5. The van der Waals surface area contributed by atoms with Crippen LogP contribution in [0.2, 0.25) is 0 Å². The molecule has 3 rings (SSSR count). The second kappa shape index (κ2) is 7.41. The molecule has 2 aromatic heterocycles. The Morgan fingerprint density at radius 3 is 2.50 bits per heavy atom. The topological polar surface area (TPSA) is 59.8 Å². The largest absolute Gasteiger partial charge is 0.310 e. The van der Waals surface area contributed by atoms with Gasteiger partial charge in [0.1, 0.15) is 5.82 Å². The van der Waals surface area contributed by atoms with Crippen molar-refractivity contribution in [3.63, 3.8) is 0 Å². The molecule has 0 aliphatic rings. The van der Waals surface area contributed by atoms with Gasteiger partial charge in [-0.2, -0.15) is 9.78 Å². The Balaban J connectivity index is 1.87. The van der Waals surface area contributed by atoms with Crippen LogP contribution >= 0.6 is 15.9 Å². The van der Waals surface area contributed by atoms with Gasteiger partial charge in [0, 0.05) is 22.2 Å². The third kappa shape index (κ3) is 4.38. The van der Waals surface area contributed by atoms with E-state index >= 15 is 0 Å². The fraction of sp³-hybridized carbons (Fsp3) is 0.250. The zero-order chi connectivity index (χ0) is 18.7. The summed E-state index contributed by atoms with van der Waals surface area (Å²) in [5, 5.41) is 7.63. The first-order valence-electron chi connectivity index (χ1n) is 8.39. The molecule has 134 valence electrons. The first-order valence-corrected chi connectivity index (χ1v) is 9.18. The Morgan fingerprint density at radius 1 is 1.15 bits per heavy atom. The lowest BCUT2D eigenvalue weighted by atomic mass is 9.92. The zero-order valence-electron chi connectivity index (χ0n) is 15.0. The van der Waals surface area contributed by atoms with Crippen LogP contribution in [0.25, 0.3) is 5.82 Å². The number of aromatic nitrogens is 3. The highest BCUT2D eigenvalue weighted by atomic mass is 79.9. The summed E-state index contributed by atoms with van der Waals surface area (Å²) < 4.78 is 2.67. The molecule has 2 heterocycles. The van der Waals surface area contributed by atoms with Gasteiger partial charge in [-0.3, -0.25) is 4.79 Å². The fourth-order valence-corrected chi connectivity index (χ4v) is 2.73. The molecule has 1 N–H and O–H groups in total. The van der Waals surface area contributed by atoms with Crippen LogP contribution < -0.4 is 5.32 Å². The molecule has 26 heavy (non-hydrogen) atoms. The summed E-state index contributed by atoms with van der Waals surface area (Å²) in [4.78, 5) is 16.9. The molecule has 3 aromatic rings. The van der Waals surface area contributed by atoms with E-state index in [2.05, 4.69) is 52.1 Å². The zero-order valence-corrected chi connectivity index (χ0v) is 16.6. The molecule has 0 aliphatic heterocycles. The lowest BCUT2D eigenvalue weighted by molar-refractivity contribution is -0.115. The summed E-state index contributed by atoms with van der Waals surface area (Å²) >= 11 is 3.40. The number of pyridine rings is 1. The van der Waals surface area contributed by atoms with E-state index in [4.69, 9.17) is 0 Å². The Labute approximate surface area is 161 Å². The number of benzene rings is 1. The molecule has 0 atom stereocenters. The molecule has 0 aliphatic carbocycles. The Kier molecular flexibility index (Phi) is 5.23. The lowest BCUT2D eigenvalue weighted by Gasteiger charge is -2.13. The third-order valence-corrected chi connectivity index (χ3v) is 4.42. The van der Waals surface area contributed by atoms with Crippen LogP contribution in [0, 0.1) is 0 Å². The van der Waals surface area contributed by atoms with Gasteiger partial charge in [-0.15, -0.1) is 0 Å². The number of carbonyl (C=O) groups excluding carboxylic acids is 1. The van der Waals surface area contributed by atoms with Crippen LogP contribution in [0.5, 0.6) is 0 Å². The van der Waals surface area contributed by atoms with E-state index in [0.717, 1.165) is 15.7 Å². The third-order valence-electron chi connectivity index (χ3n) is 3.89. The van der Waals surface area contributed by atoms with Gasteiger partial charge in [-0.05, 0) is 29.8 Å². The maximum atomic E-state index is 12.5. The number of carbonyl (C=O) groups is 1. The van der Waals surface area contributed by atoms with E-state index in [-0.39, 0.29) is 11.3 Å². The summed E-state index contributed by atoms with van der Waals surface area (Å²) in [6.45, 7) is 6.27. The van der Waals surface area contributed by atoms with E-state index in [1.807, 2.05) is 48.5 Å². The standard InChI is InChI=1S/C20H21BrN4O/c1-20(2,3)16-13-18(25(24-16)17-6-4-5-11-22-17)23-19(26)12-14-7-9-15(21)10-8-14/h4-11,13H,12H2,1-3H3,(H,23,26). The van der Waals surface area contributed by atoms with Crippen molar-refractivity contribution in [2.45, 2.75) is 32.6 Å². The van der Waals surface area contributed by atoms with Crippen LogP contribution in [-0.2, 0) is 16.6 Å². The second-order valence-electron chi connectivity index (χ2n) is 7.12. The van der Waals surface area contributed by atoms with Crippen molar-refractivity contribution < 1.29 is 4.79 Å². The number of hydrogen-bond donors (Lipinski definition) is 1. The van der Waals surface area contributed by atoms with E-state index in [9.17, 15) is 4.79 Å². The van der Waals surface area contributed by atoms with Crippen molar-refractivity contribution >= 4 is 27.7 Å². The first-order chi connectivity index (χ1) is 12.3. The highest BCUT2D eigenvalue weighted by Crippen LogP contribution is 2.26. The first kappa shape index (κ1) is 18.3. The molecule has 0 saturated carbocycles. The normalized spacial score (nSPS) is 11.4. The average molecular weight is 413 g/mol. The minimum atomic E-state index is -0.134. The van der Waals surface area contributed by atoms with E-state index in [0.29, 0.717) is 18.1 Å². The smallest absolute Gasteiger partial charge is 0.229 e. The molecule has 6 heteroatoms.